The number of anilines is 2. The molecule has 2 unspecified atom stereocenters. The molecule has 2 heterocycles. The first kappa shape index (κ1) is 22.5. The van der Waals surface area contributed by atoms with Crippen LogP contribution >= 0.6 is 23.4 Å². The van der Waals surface area contributed by atoms with Crippen molar-refractivity contribution in [3.63, 3.8) is 0 Å². The second kappa shape index (κ2) is 8.51. The smallest absolute Gasteiger partial charge is 0.405 e. The van der Waals surface area contributed by atoms with Crippen molar-refractivity contribution in [2.24, 2.45) is 11.1 Å². The molecule has 2 aromatic rings. The van der Waals surface area contributed by atoms with Crippen LogP contribution in [-0.4, -0.2) is 34.2 Å². The molecule has 3 rings (SSSR count). The molecule has 7 nitrogen and oxygen atoms in total. The summed E-state index contributed by atoms with van der Waals surface area (Å²) >= 11 is 7.70. The van der Waals surface area contributed by atoms with E-state index in [4.69, 9.17) is 27.8 Å². The van der Waals surface area contributed by atoms with Crippen LogP contribution in [0, 0.1) is 5.41 Å². The lowest BCUT2D eigenvalue weighted by atomic mass is 9.75. The number of benzene rings is 1. The molecule has 30 heavy (non-hydrogen) atoms. The van der Waals surface area contributed by atoms with E-state index in [-0.39, 0.29) is 11.5 Å². The average molecular weight is 450 g/mol. The average Bonchev–Trinajstić information content (AvgIpc) is 2.65. The van der Waals surface area contributed by atoms with Gasteiger partial charge in [0.2, 0.25) is 0 Å². The molecular formula is C21H28ClN5O2S. The lowest BCUT2D eigenvalue weighted by Gasteiger charge is -2.49. The molecule has 1 saturated heterocycles. The van der Waals surface area contributed by atoms with Crippen LogP contribution in [0.3, 0.4) is 0 Å². The van der Waals surface area contributed by atoms with Gasteiger partial charge >= 0.3 is 6.09 Å². The van der Waals surface area contributed by atoms with Crippen LogP contribution < -0.4 is 16.4 Å². The predicted molar refractivity (Wildman–Crippen MR) is 121 cm³/mol. The second-order valence-corrected chi connectivity index (χ2v) is 10.3. The van der Waals surface area contributed by atoms with Gasteiger partial charge in [0.15, 0.2) is 0 Å². The summed E-state index contributed by atoms with van der Waals surface area (Å²) in [4.78, 5) is 23.7. The quantitative estimate of drug-likeness (QED) is 0.649. The topological polar surface area (TPSA) is 107 Å². The van der Waals surface area contributed by atoms with Gasteiger partial charge in [-0.1, -0.05) is 50.2 Å². The van der Waals surface area contributed by atoms with Crippen molar-refractivity contribution in [1.29, 1.82) is 0 Å². The molecule has 1 aliphatic heterocycles. The molecule has 1 aromatic carbocycles. The number of nitrogens with zero attached hydrogens (tertiary/aromatic N) is 3. The third-order valence-electron chi connectivity index (χ3n) is 5.35. The molecule has 1 fully saturated rings. The third-order valence-corrected chi connectivity index (χ3v) is 6.86. The number of hydrogen-bond acceptors (Lipinski definition) is 7. The second-order valence-electron chi connectivity index (χ2n) is 8.87. The Morgan fingerprint density at radius 2 is 2.07 bits per heavy atom. The number of nitrogen functional groups attached to an aromatic ring is 1. The first-order valence-corrected chi connectivity index (χ1v) is 11.0. The fourth-order valence-corrected chi connectivity index (χ4v) is 4.78. The fraction of sp³-hybridized carbons (Fsp3) is 0.476. The van der Waals surface area contributed by atoms with E-state index in [0.717, 1.165) is 15.7 Å². The van der Waals surface area contributed by atoms with Gasteiger partial charge in [0.05, 0.1) is 23.1 Å². The van der Waals surface area contributed by atoms with Crippen LogP contribution in [0.25, 0.3) is 0 Å². The van der Waals surface area contributed by atoms with Gasteiger partial charge in [-0.2, -0.15) is 0 Å². The van der Waals surface area contributed by atoms with E-state index in [1.807, 2.05) is 19.1 Å². The number of ether oxygens (including phenoxy) is 1. The zero-order valence-electron chi connectivity index (χ0n) is 17.7. The minimum atomic E-state index is -0.736. The van der Waals surface area contributed by atoms with Crippen LogP contribution in [0.1, 0.15) is 40.5 Å². The van der Waals surface area contributed by atoms with E-state index in [2.05, 4.69) is 35.6 Å². The van der Waals surface area contributed by atoms with Crippen molar-refractivity contribution in [1.82, 2.24) is 9.97 Å². The Labute approximate surface area is 186 Å². The van der Waals surface area contributed by atoms with E-state index in [0.29, 0.717) is 30.1 Å². The third kappa shape index (κ3) is 5.10. The summed E-state index contributed by atoms with van der Waals surface area (Å²) in [5.74, 6) is 0.791. The van der Waals surface area contributed by atoms with E-state index in [1.54, 1.807) is 18.5 Å². The summed E-state index contributed by atoms with van der Waals surface area (Å²) in [7, 11) is 0. The highest BCUT2D eigenvalue weighted by Crippen LogP contribution is 2.40. The van der Waals surface area contributed by atoms with Gasteiger partial charge in [-0.15, -0.1) is 0 Å². The van der Waals surface area contributed by atoms with Crippen LogP contribution in [0.15, 0.2) is 40.5 Å². The number of rotatable bonds is 4. The number of nitrogens with two attached hydrogens (primary N) is 2. The van der Waals surface area contributed by atoms with Gasteiger partial charge in [0, 0.05) is 30.3 Å². The number of halogens is 1. The predicted octanol–water partition coefficient (Wildman–Crippen LogP) is 4.73. The summed E-state index contributed by atoms with van der Waals surface area (Å²) in [5.41, 5.74) is 11.1. The van der Waals surface area contributed by atoms with E-state index in [1.165, 1.54) is 11.8 Å². The molecule has 2 atom stereocenters. The molecule has 0 spiro atoms. The Morgan fingerprint density at radius 3 is 2.67 bits per heavy atom. The number of aromatic nitrogens is 2. The molecular weight excluding hydrogens is 422 g/mol. The minimum absolute atomic E-state index is 0.0626. The SMILES string of the molecule is CC1(OC(N)=O)CCN(c2cnc(Sc3cccc(N)c3Cl)cn2)C(C(C)(C)C)C1. The first-order valence-electron chi connectivity index (χ1n) is 9.77. The van der Waals surface area contributed by atoms with E-state index >= 15 is 0 Å². The van der Waals surface area contributed by atoms with Crippen molar-refractivity contribution in [3.05, 3.63) is 35.6 Å². The highest BCUT2D eigenvalue weighted by molar-refractivity contribution is 7.99. The van der Waals surface area contributed by atoms with Gasteiger partial charge in [0.1, 0.15) is 16.4 Å². The minimum Gasteiger partial charge on any atom is -0.443 e. The fourth-order valence-electron chi connectivity index (χ4n) is 3.75. The van der Waals surface area contributed by atoms with Crippen molar-refractivity contribution >= 4 is 41.0 Å². The van der Waals surface area contributed by atoms with Crippen molar-refractivity contribution in [2.75, 3.05) is 17.2 Å². The van der Waals surface area contributed by atoms with Crippen molar-refractivity contribution < 1.29 is 9.53 Å². The van der Waals surface area contributed by atoms with Gasteiger partial charge in [-0.3, -0.25) is 0 Å². The van der Waals surface area contributed by atoms with Gasteiger partial charge < -0.3 is 21.1 Å². The lowest BCUT2D eigenvalue weighted by Crippen LogP contribution is -2.56. The largest absolute Gasteiger partial charge is 0.443 e. The number of amides is 1. The maximum absolute atomic E-state index is 11.4. The summed E-state index contributed by atoms with van der Waals surface area (Å²) in [6, 6.07) is 5.63. The Bertz CT molecular complexity index is 919. The highest BCUT2D eigenvalue weighted by Gasteiger charge is 2.44. The molecule has 0 radical (unpaired) electrons. The Kier molecular flexibility index (Phi) is 6.38. The van der Waals surface area contributed by atoms with E-state index in [9.17, 15) is 4.79 Å². The van der Waals surface area contributed by atoms with Gasteiger partial charge in [0.25, 0.3) is 0 Å². The molecule has 1 amide bonds. The molecule has 0 aliphatic carbocycles. The maximum atomic E-state index is 11.4. The number of primary amides is 1. The maximum Gasteiger partial charge on any atom is 0.405 e. The molecule has 4 N–H and O–H groups in total. The van der Waals surface area contributed by atoms with E-state index < -0.39 is 11.7 Å². The van der Waals surface area contributed by atoms with Crippen LogP contribution in [0.4, 0.5) is 16.3 Å². The summed E-state index contributed by atoms with van der Waals surface area (Å²) in [6.07, 6.45) is 4.11. The molecule has 1 aliphatic rings. The number of carbonyl (C=O) groups is 1. The summed E-state index contributed by atoms with van der Waals surface area (Å²) in [6.45, 7) is 9.13. The first-order chi connectivity index (χ1) is 14.0. The molecule has 0 saturated carbocycles. The Morgan fingerprint density at radius 1 is 1.33 bits per heavy atom. The zero-order chi connectivity index (χ0) is 22.1. The van der Waals surface area contributed by atoms with Crippen molar-refractivity contribution in [2.45, 2.75) is 62.1 Å². The Balaban J connectivity index is 1.80. The van der Waals surface area contributed by atoms with Gasteiger partial charge in [-0.05, 0) is 24.5 Å². The number of hydrogen-bond donors (Lipinski definition) is 2. The molecule has 162 valence electrons. The summed E-state index contributed by atoms with van der Waals surface area (Å²) < 4.78 is 5.44. The number of carbonyl (C=O) groups excluding carboxylic acids is 1. The van der Waals surface area contributed by atoms with Crippen LogP contribution in [-0.2, 0) is 4.74 Å². The van der Waals surface area contributed by atoms with Crippen LogP contribution in [0.5, 0.6) is 0 Å². The zero-order valence-corrected chi connectivity index (χ0v) is 19.3. The highest BCUT2D eigenvalue weighted by atomic mass is 35.5. The molecule has 9 heteroatoms. The van der Waals surface area contributed by atoms with Crippen LogP contribution in [0.2, 0.25) is 5.02 Å². The lowest BCUT2D eigenvalue weighted by molar-refractivity contribution is -0.00951. The number of piperidine rings is 1. The Hall–Kier alpha value is -2.19. The summed E-state index contributed by atoms with van der Waals surface area (Å²) in [5, 5.41) is 1.25. The normalized spacial score (nSPS) is 22.0. The van der Waals surface area contributed by atoms with Crippen molar-refractivity contribution in [3.8, 4) is 0 Å². The monoisotopic (exact) mass is 449 g/mol. The molecule has 0 bridgehead atoms. The van der Waals surface area contributed by atoms with Gasteiger partial charge in [-0.25, -0.2) is 14.8 Å². The molecule has 1 aromatic heterocycles. The standard InChI is InChI=1S/C21H28ClN5O2S/c1-20(2,3)15-10-21(4,29-19(24)28)8-9-27(15)16-11-26-17(12-25-16)30-14-7-5-6-13(23)18(14)22/h5-7,11-12,15H,8-10,23H2,1-4H3,(H2,24,28).